The molecule has 0 bridgehead atoms. The molecular formula is C14H21N3O2. The maximum atomic E-state index is 11.7. The molecule has 0 aliphatic heterocycles. The van der Waals surface area contributed by atoms with E-state index in [1.165, 1.54) is 0 Å². The molecule has 5 heteroatoms. The van der Waals surface area contributed by atoms with E-state index in [1.807, 2.05) is 23.9 Å². The molecule has 0 amide bonds. The summed E-state index contributed by atoms with van der Waals surface area (Å²) in [6.07, 6.45) is 7.52. The van der Waals surface area contributed by atoms with Gasteiger partial charge in [0.25, 0.3) is 0 Å². The van der Waals surface area contributed by atoms with Crippen LogP contribution in [0.2, 0.25) is 0 Å². The number of carboxylic acids is 1. The second kappa shape index (κ2) is 4.63. The molecule has 2 saturated carbocycles. The fourth-order valence-corrected chi connectivity index (χ4v) is 3.11. The molecular weight excluding hydrogens is 242 g/mol. The normalized spacial score (nSPS) is 31.3. The Labute approximate surface area is 113 Å². The van der Waals surface area contributed by atoms with Crippen LogP contribution in [0.25, 0.3) is 0 Å². The van der Waals surface area contributed by atoms with E-state index in [2.05, 4.69) is 10.4 Å². The molecule has 0 saturated heterocycles. The molecule has 2 atom stereocenters. The molecule has 2 fully saturated rings. The molecule has 0 spiro atoms. The third-order valence-electron chi connectivity index (χ3n) is 4.31. The lowest BCUT2D eigenvalue weighted by Gasteiger charge is -2.38. The van der Waals surface area contributed by atoms with E-state index in [9.17, 15) is 9.90 Å². The Balaban J connectivity index is 1.79. The molecule has 1 aromatic heterocycles. The van der Waals surface area contributed by atoms with E-state index < -0.39 is 11.5 Å². The largest absolute Gasteiger partial charge is 0.480 e. The summed E-state index contributed by atoms with van der Waals surface area (Å²) in [5.41, 5.74) is 0.242. The molecule has 104 valence electrons. The van der Waals surface area contributed by atoms with Crippen molar-refractivity contribution in [1.82, 2.24) is 15.1 Å². The highest BCUT2D eigenvalue weighted by Gasteiger charge is 2.46. The van der Waals surface area contributed by atoms with E-state index in [0.717, 1.165) is 37.8 Å². The van der Waals surface area contributed by atoms with Gasteiger partial charge in [-0.3, -0.25) is 14.8 Å². The SMILES string of the molecule is Cc1ccn(C2CCCC(NC3CC3)(C(=O)O)C2)n1. The highest BCUT2D eigenvalue weighted by Crippen LogP contribution is 2.38. The van der Waals surface area contributed by atoms with Gasteiger partial charge in [0.2, 0.25) is 0 Å². The molecule has 1 aromatic rings. The van der Waals surface area contributed by atoms with Crippen LogP contribution in [0.15, 0.2) is 12.3 Å². The fraction of sp³-hybridized carbons (Fsp3) is 0.714. The zero-order valence-corrected chi connectivity index (χ0v) is 11.3. The van der Waals surface area contributed by atoms with Gasteiger partial charge in [0.15, 0.2) is 0 Å². The van der Waals surface area contributed by atoms with Crippen LogP contribution >= 0.6 is 0 Å². The van der Waals surface area contributed by atoms with Gasteiger partial charge in [0, 0.05) is 12.2 Å². The third kappa shape index (κ3) is 2.52. The Morgan fingerprint density at radius 3 is 2.89 bits per heavy atom. The molecule has 5 nitrogen and oxygen atoms in total. The predicted octanol–water partition coefficient (Wildman–Crippen LogP) is 1.88. The Morgan fingerprint density at radius 1 is 1.53 bits per heavy atom. The van der Waals surface area contributed by atoms with Crippen LogP contribution in [0.4, 0.5) is 0 Å². The van der Waals surface area contributed by atoms with Gasteiger partial charge in [-0.05, 0) is 51.5 Å². The number of hydrogen-bond donors (Lipinski definition) is 2. The number of aliphatic carboxylic acids is 1. The van der Waals surface area contributed by atoms with Crippen LogP contribution < -0.4 is 5.32 Å². The maximum absolute atomic E-state index is 11.7. The van der Waals surface area contributed by atoms with Gasteiger partial charge in [0.1, 0.15) is 5.54 Å². The highest BCUT2D eigenvalue weighted by molar-refractivity contribution is 5.79. The van der Waals surface area contributed by atoms with Gasteiger partial charge in [-0.15, -0.1) is 0 Å². The minimum Gasteiger partial charge on any atom is -0.480 e. The second-order valence-electron chi connectivity index (χ2n) is 5.99. The summed E-state index contributed by atoms with van der Waals surface area (Å²) in [6.45, 7) is 1.96. The first-order chi connectivity index (χ1) is 9.09. The minimum atomic E-state index is -0.746. The lowest BCUT2D eigenvalue weighted by atomic mass is 9.78. The minimum absolute atomic E-state index is 0.199. The van der Waals surface area contributed by atoms with Gasteiger partial charge in [-0.25, -0.2) is 0 Å². The molecule has 1 heterocycles. The average Bonchev–Trinajstić information content (AvgIpc) is 3.08. The number of rotatable bonds is 4. The number of nitrogens with one attached hydrogen (secondary N) is 1. The van der Waals surface area contributed by atoms with Crippen LogP contribution in [-0.4, -0.2) is 32.4 Å². The number of nitrogens with zero attached hydrogens (tertiary/aromatic N) is 2. The van der Waals surface area contributed by atoms with Crippen LogP contribution in [0.1, 0.15) is 50.3 Å². The summed E-state index contributed by atoms with van der Waals surface area (Å²) >= 11 is 0. The predicted molar refractivity (Wildman–Crippen MR) is 71.0 cm³/mol. The topological polar surface area (TPSA) is 67.2 Å². The van der Waals surface area contributed by atoms with Crippen molar-refractivity contribution in [3.8, 4) is 0 Å². The van der Waals surface area contributed by atoms with Crippen molar-refractivity contribution >= 4 is 5.97 Å². The molecule has 2 aliphatic rings. The molecule has 2 unspecified atom stereocenters. The zero-order valence-electron chi connectivity index (χ0n) is 11.3. The van der Waals surface area contributed by atoms with E-state index >= 15 is 0 Å². The average molecular weight is 263 g/mol. The number of carbonyl (C=O) groups is 1. The monoisotopic (exact) mass is 263 g/mol. The lowest BCUT2D eigenvalue weighted by molar-refractivity contribution is -0.147. The number of aromatic nitrogens is 2. The van der Waals surface area contributed by atoms with Crippen LogP contribution in [0.3, 0.4) is 0 Å². The third-order valence-corrected chi connectivity index (χ3v) is 4.31. The van der Waals surface area contributed by atoms with Crippen LogP contribution in [0, 0.1) is 6.92 Å². The second-order valence-corrected chi connectivity index (χ2v) is 5.99. The number of aryl methyl sites for hydroxylation is 1. The smallest absolute Gasteiger partial charge is 0.323 e. The van der Waals surface area contributed by atoms with Crippen molar-refractivity contribution in [2.45, 2.75) is 63.1 Å². The summed E-state index contributed by atoms with van der Waals surface area (Å²) in [6, 6.07) is 2.59. The zero-order chi connectivity index (χ0) is 13.5. The van der Waals surface area contributed by atoms with Crippen LogP contribution in [-0.2, 0) is 4.79 Å². The Morgan fingerprint density at radius 2 is 2.32 bits per heavy atom. The van der Waals surface area contributed by atoms with Gasteiger partial charge in [0.05, 0.1) is 11.7 Å². The van der Waals surface area contributed by atoms with Crippen LogP contribution in [0.5, 0.6) is 0 Å². The van der Waals surface area contributed by atoms with Crippen molar-refractivity contribution in [3.05, 3.63) is 18.0 Å². The van der Waals surface area contributed by atoms with Crippen molar-refractivity contribution in [2.75, 3.05) is 0 Å². The quantitative estimate of drug-likeness (QED) is 0.870. The van der Waals surface area contributed by atoms with E-state index in [0.29, 0.717) is 12.5 Å². The maximum Gasteiger partial charge on any atom is 0.323 e. The molecule has 0 radical (unpaired) electrons. The molecule has 3 rings (SSSR count). The van der Waals surface area contributed by atoms with Crippen molar-refractivity contribution in [1.29, 1.82) is 0 Å². The molecule has 19 heavy (non-hydrogen) atoms. The highest BCUT2D eigenvalue weighted by atomic mass is 16.4. The first-order valence-corrected chi connectivity index (χ1v) is 7.12. The lowest BCUT2D eigenvalue weighted by Crippen LogP contribution is -2.56. The summed E-state index contributed by atoms with van der Waals surface area (Å²) in [5.74, 6) is -0.701. The molecule has 2 aliphatic carbocycles. The van der Waals surface area contributed by atoms with Gasteiger partial charge in [-0.2, -0.15) is 5.10 Å². The number of hydrogen-bond acceptors (Lipinski definition) is 3. The van der Waals surface area contributed by atoms with Crippen molar-refractivity contribution in [3.63, 3.8) is 0 Å². The fourth-order valence-electron chi connectivity index (χ4n) is 3.11. The Bertz CT molecular complexity index is 481. The van der Waals surface area contributed by atoms with E-state index in [-0.39, 0.29) is 6.04 Å². The summed E-state index contributed by atoms with van der Waals surface area (Å²) in [5, 5.41) is 17.5. The Hall–Kier alpha value is -1.36. The summed E-state index contributed by atoms with van der Waals surface area (Å²) in [7, 11) is 0. The standard InChI is InChI=1S/C14H21N3O2/c1-10-6-8-17(16-10)12-3-2-7-14(9-12,13(18)19)15-11-4-5-11/h6,8,11-12,15H,2-5,7,9H2,1H3,(H,18,19). The van der Waals surface area contributed by atoms with Crippen molar-refractivity contribution < 1.29 is 9.90 Å². The van der Waals surface area contributed by atoms with Crippen molar-refractivity contribution in [2.24, 2.45) is 0 Å². The number of carboxylic acid groups (broad SMARTS) is 1. The van der Waals surface area contributed by atoms with Gasteiger partial charge >= 0.3 is 5.97 Å². The van der Waals surface area contributed by atoms with Gasteiger partial charge < -0.3 is 5.11 Å². The molecule has 0 aromatic carbocycles. The van der Waals surface area contributed by atoms with Gasteiger partial charge in [-0.1, -0.05) is 0 Å². The Kier molecular flexibility index (Phi) is 3.09. The summed E-state index contributed by atoms with van der Waals surface area (Å²) in [4.78, 5) is 11.7. The summed E-state index contributed by atoms with van der Waals surface area (Å²) < 4.78 is 1.95. The van der Waals surface area contributed by atoms with E-state index in [4.69, 9.17) is 0 Å². The first kappa shape index (κ1) is 12.7. The first-order valence-electron chi connectivity index (χ1n) is 7.12. The molecule has 2 N–H and O–H groups in total. The van der Waals surface area contributed by atoms with E-state index in [1.54, 1.807) is 0 Å².